The maximum Gasteiger partial charge on any atom is 0.170 e. The molecule has 2 N–H and O–H groups in total. The summed E-state index contributed by atoms with van der Waals surface area (Å²) in [6, 6.07) is 2.87. The van der Waals surface area contributed by atoms with Crippen LogP contribution in [0.15, 0.2) is 12.1 Å². The molecule has 2 aromatic rings. The molecule has 0 spiro atoms. The summed E-state index contributed by atoms with van der Waals surface area (Å²) in [5.74, 6) is -3.53. The zero-order chi connectivity index (χ0) is 15.0. The number of hydrogen-bond acceptors (Lipinski definition) is 4. The van der Waals surface area contributed by atoms with E-state index < -0.39 is 17.5 Å². The van der Waals surface area contributed by atoms with Crippen molar-refractivity contribution in [2.24, 2.45) is 0 Å². The van der Waals surface area contributed by atoms with Gasteiger partial charge in [-0.1, -0.05) is 0 Å². The Bertz CT molecular complexity index is 715. The number of nitrogen functional groups attached to an aromatic ring is 1. The van der Waals surface area contributed by atoms with Crippen LogP contribution in [0.4, 0.5) is 24.8 Å². The van der Waals surface area contributed by atoms with Gasteiger partial charge in [0.25, 0.3) is 0 Å². The van der Waals surface area contributed by atoms with Gasteiger partial charge in [-0.3, -0.25) is 0 Å². The summed E-state index contributed by atoms with van der Waals surface area (Å²) in [7, 11) is 3.24. The Kier molecular flexibility index (Phi) is 3.28. The molecule has 0 aliphatic carbocycles. The lowest BCUT2D eigenvalue weighted by Crippen LogP contribution is -2.11. The summed E-state index contributed by atoms with van der Waals surface area (Å²) < 4.78 is 40.7. The zero-order valence-corrected chi connectivity index (χ0v) is 10.7. The third-order valence-electron chi connectivity index (χ3n) is 2.66. The van der Waals surface area contributed by atoms with Crippen molar-refractivity contribution in [1.29, 1.82) is 5.26 Å². The van der Waals surface area contributed by atoms with Gasteiger partial charge in [0.15, 0.2) is 23.3 Å². The van der Waals surface area contributed by atoms with Crippen LogP contribution in [0.25, 0.3) is 5.69 Å². The van der Waals surface area contributed by atoms with Gasteiger partial charge in [-0.2, -0.15) is 5.26 Å². The molecule has 2 rings (SSSR count). The van der Waals surface area contributed by atoms with Crippen LogP contribution in [0.5, 0.6) is 0 Å². The van der Waals surface area contributed by atoms with E-state index in [1.165, 1.54) is 4.90 Å². The number of benzene rings is 1. The van der Waals surface area contributed by atoms with Crippen LogP contribution in [0.3, 0.4) is 0 Å². The molecule has 0 amide bonds. The molecule has 8 heteroatoms. The van der Waals surface area contributed by atoms with Crippen LogP contribution in [0, 0.1) is 28.8 Å². The lowest BCUT2D eigenvalue weighted by molar-refractivity contribution is 0.491. The smallest absolute Gasteiger partial charge is 0.170 e. The molecule has 0 saturated carbocycles. The molecule has 0 bridgehead atoms. The molecule has 0 aliphatic heterocycles. The summed E-state index contributed by atoms with van der Waals surface area (Å²) in [6.07, 6.45) is 0. The first-order chi connectivity index (χ1) is 9.36. The van der Waals surface area contributed by atoms with Gasteiger partial charge in [-0.15, -0.1) is 5.10 Å². The standard InChI is InChI=1S/C12H10F3N5/c1-19(2)12-6(5-16)11(17)20(18-12)10-4-8(14)7(13)3-9(10)15/h3-4H,17H2,1-2H3. The molecular weight excluding hydrogens is 271 g/mol. The third kappa shape index (κ3) is 2.03. The first-order valence-corrected chi connectivity index (χ1v) is 5.47. The van der Waals surface area contributed by atoms with Gasteiger partial charge < -0.3 is 10.6 Å². The van der Waals surface area contributed by atoms with Gasteiger partial charge in [-0.05, 0) is 0 Å². The van der Waals surface area contributed by atoms with Crippen molar-refractivity contribution in [3.63, 3.8) is 0 Å². The maximum atomic E-state index is 13.7. The first-order valence-electron chi connectivity index (χ1n) is 5.47. The maximum absolute atomic E-state index is 13.7. The molecule has 0 aliphatic rings. The van der Waals surface area contributed by atoms with Gasteiger partial charge in [0.1, 0.15) is 23.1 Å². The third-order valence-corrected chi connectivity index (χ3v) is 2.66. The monoisotopic (exact) mass is 281 g/mol. The fraction of sp³-hybridized carbons (Fsp3) is 0.167. The lowest BCUT2D eigenvalue weighted by atomic mass is 10.2. The van der Waals surface area contributed by atoms with Crippen LogP contribution in [-0.2, 0) is 0 Å². The first kappa shape index (κ1) is 13.7. The normalized spacial score (nSPS) is 10.4. The Hall–Kier alpha value is -2.69. The van der Waals surface area contributed by atoms with E-state index in [9.17, 15) is 13.2 Å². The minimum Gasteiger partial charge on any atom is -0.382 e. The van der Waals surface area contributed by atoms with Crippen molar-refractivity contribution >= 4 is 11.6 Å². The van der Waals surface area contributed by atoms with Gasteiger partial charge in [0, 0.05) is 26.2 Å². The highest BCUT2D eigenvalue weighted by molar-refractivity contribution is 5.66. The molecule has 1 aromatic carbocycles. The number of hydrogen-bond donors (Lipinski definition) is 1. The average Bonchev–Trinajstić information content (AvgIpc) is 2.71. The average molecular weight is 281 g/mol. The zero-order valence-electron chi connectivity index (χ0n) is 10.7. The topological polar surface area (TPSA) is 70.9 Å². The molecule has 1 heterocycles. The van der Waals surface area contributed by atoms with Gasteiger partial charge >= 0.3 is 0 Å². The number of aromatic nitrogens is 2. The van der Waals surface area contributed by atoms with Gasteiger partial charge in [-0.25, -0.2) is 17.9 Å². The number of nitriles is 1. The second-order valence-corrected chi connectivity index (χ2v) is 4.22. The fourth-order valence-electron chi connectivity index (χ4n) is 1.70. The summed E-state index contributed by atoms with van der Waals surface area (Å²) in [6.45, 7) is 0. The molecule has 104 valence electrons. The molecule has 0 atom stereocenters. The van der Waals surface area contributed by atoms with Crippen LogP contribution < -0.4 is 10.6 Å². The van der Waals surface area contributed by atoms with Crippen LogP contribution in [0.2, 0.25) is 0 Å². The van der Waals surface area contributed by atoms with Crippen molar-refractivity contribution in [3.8, 4) is 11.8 Å². The molecule has 5 nitrogen and oxygen atoms in total. The minimum absolute atomic E-state index is 0.0270. The largest absolute Gasteiger partial charge is 0.382 e. The quantitative estimate of drug-likeness (QED) is 0.852. The summed E-state index contributed by atoms with van der Waals surface area (Å²) in [5, 5.41) is 13.0. The van der Waals surface area contributed by atoms with Crippen molar-refractivity contribution in [2.45, 2.75) is 0 Å². The van der Waals surface area contributed by atoms with E-state index in [0.29, 0.717) is 12.1 Å². The summed E-state index contributed by atoms with van der Waals surface area (Å²) in [4.78, 5) is 1.50. The second-order valence-electron chi connectivity index (χ2n) is 4.22. The Balaban J connectivity index is 2.72. The molecular formula is C12H10F3N5. The molecule has 0 unspecified atom stereocenters. The molecule has 0 fully saturated rings. The lowest BCUT2D eigenvalue weighted by Gasteiger charge is -2.08. The van der Waals surface area contributed by atoms with Crippen LogP contribution in [-0.4, -0.2) is 23.9 Å². The number of nitrogens with two attached hydrogens (primary N) is 1. The second kappa shape index (κ2) is 4.77. The number of rotatable bonds is 2. The van der Waals surface area contributed by atoms with E-state index in [1.54, 1.807) is 14.1 Å². The number of anilines is 2. The van der Waals surface area contributed by atoms with Gasteiger partial charge in [0.2, 0.25) is 0 Å². The SMILES string of the molecule is CN(C)c1nn(-c2cc(F)c(F)cc2F)c(N)c1C#N. The van der Waals surface area contributed by atoms with E-state index in [-0.39, 0.29) is 22.9 Å². The number of nitrogens with zero attached hydrogens (tertiary/aromatic N) is 4. The highest BCUT2D eigenvalue weighted by Gasteiger charge is 2.21. The molecule has 1 aromatic heterocycles. The number of halogens is 3. The Morgan fingerprint density at radius 1 is 1.20 bits per heavy atom. The highest BCUT2D eigenvalue weighted by atomic mass is 19.2. The minimum atomic E-state index is -1.31. The van der Waals surface area contributed by atoms with E-state index in [4.69, 9.17) is 11.0 Å². The molecule has 0 radical (unpaired) electrons. The van der Waals surface area contributed by atoms with Crippen LogP contribution in [0.1, 0.15) is 5.56 Å². The highest BCUT2D eigenvalue weighted by Crippen LogP contribution is 2.27. The summed E-state index contributed by atoms with van der Waals surface area (Å²) >= 11 is 0. The Morgan fingerprint density at radius 3 is 2.30 bits per heavy atom. The molecule has 0 saturated heterocycles. The van der Waals surface area contributed by atoms with E-state index in [0.717, 1.165) is 4.68 Å². The van der Waals surface area contributed by atoms with E-state index >= 15 is 0 Å². The van der Waals surface area contributed by atoms with Crippen LogP contribution >= 0.6 is 0 Å². The van der Waals surface area contributed by atoms with Crippen molar-refractivity contribution in [1.82, 2.24) is 9.78 Å². The predicted molar refractivity (Wildman–Crippen MR) is 66.9 cm³/mol. The van der Waals surface area contributed by atoms with Crippen molar-refractivity contribution in [3.05, 3.63) is 35.1 Å². The Labute approximate surface area is 112 Å². The summed E-state index contributed by atoms with van der Waals surface area (Å²) in [5.41, 5.74) is 5.37. The fourth-order valence-corrected chi connectivity index (χ4v) is 1.70. The van der Waals surface area contributed by atoms with Gasteiger partial charge in [0.05, 0.1) is 0 Å². The predicted octanol–water partition coefficient (Wildman–Crippen LogP) is 1.81. The van der Waals surface area contributed by atoms with E-state index in [1.807, 2.05) is 6.07 Å². The van der Waals surface area contributed by atoms with Crippen molar-refractivity contribution < 1.29 is 13.2 Å². The molecule has 20 heavy (non-hydrogen) atoms. The Morgan fingerprint density at radius 2 is 1.80 bits per heavy atom. The van der Waals surface area contributed by atoms with E-state index in [2.05, 4.69) is 5.10 Å². The van der Waals surface area contributed by atoms with Crippen molar-refractivity contribution in [2.75, 3.05) is 24.7 Å².